The molecule has 0 saturated carbocycles. The summed E-state index contributed by atoms with van der Waals surface area (Å²) >= 11 is 0. The van der Waals surface area contributed by atoms with E-state index in [1.54, 1.807) is 12.1 Å². The first-order valence-corrected chi connectivity index (χ1v) is 6.22. The van der Waals surface area contributed by atoms with E-state index in [9.17, 15) is 9.50 Å². The molecule has 0 saturated heterocycles. The third-order valence-electron chi connectivity index (χ3n) is 3.42. The Bertz CT molecular complexity index is 333. The first-order valence-electron chi connectivity index (χ1n) is 6.22. The topological polar surface area (TPSA) is 32.3 Å². The molecule has 2 N–H and O–H groups in total. The van der Waals surface area contributed by atoms with Crippen LogP contribution < -0.4 is 5.32 Å². The summed E-state index contributed by atoms with van der Waals surface area (Å²) in [4.78, 5) is 0. The van der Waals surface area contributed by atoms with Crippen molar-refractivity contribution in [2.45, 2.75) is 45.3 Å². The van der Waals surface area contributed by atoms with Crippen molar-refractivity contribution in [3.63, 3.8) is 0 Å². The van der Waals surface area contributed by atoms with Gasteiger partial charge in [-0.3, -0.25) is 0 Å². The summed E-state index contributed by atoms with van der Waals surface area (Å²) in [6.07, 6.45) is 1.46. The van der Waals surface area contributed by atoms with Gasteiger partial charge in [0, 0.05) is 12.6 Å². The van der Waals surface area contributed by atoms with Crippen LogP contribution in [0.25, 0.3) is 0 Å². The molecule has 1 aromatic carbocycles. The third-order valence-corrected chi connectivity index (χ3v) is 3.42. The molecule has 0 aliphatic heterocycles. The molecular weight excluding hydrogens is 217 g/mol. The number of halogens is 1. The minimum absolute atomic E-state index is 0.111. The third kappa shape index (κ3) is 4.10. The molecule has 0 spiro atoms. The van der Waals surface area contributed by atoms with Crippen LogP contribution in [0.15, 0.2) is 24.3 Å². The standard InChI is InChI=1S/C14H22FNO/c1-4-14(17,5-2)10-16-11(3)12-6-8-13(15)9-7-12/h6-9,11,16-17H,4-5,10H2,1-3H3. The Hall–Kier alpha value is -0.930. The molecular formula is C14H22FNO. The van der Waals surface area contributed by atoms with Crippen LogP contribution in [0.5, 0.6) is 0 Å². The molecule has 0 heterocycles. The zero-order chi connectivity index (χ0) is 12.9. The summed E-state index contributed by atoms with van der Waals surface area (Å²) in [6, 6.07) is 6.56. The molecule has 2 nitrogen and oxygen atoms in total. The normalized spacial score (nSPS) is 13.7. The summed E-state index contributed by atoms with van der Waals surface area (Å²) in [7, 11) is 0. The molecule has 0 aliphatic rings. The Morgan fingerprint density at radius 3 is 2.24 bits per heavy atom. The maximum atomic E-state index is 12.8. The van der Waals surface area contributed by atoms with E-state index in [4.69, 9.17) is 0 Å². The number of benzene rings is 1. The van der Waals surface area contributed by atoms with Crippen molar-refractivity contribution in [3.05, 3.63) is 35.6 Å². The average molecular weight is 239 g/mol. The molecule has 0 radical (unpaired) electrons. The minimum Gasteiger partial charge on any atom is -0.389 e. The van der Waals surface area contributed by atoms with Crippen LogP contribution in [0.4, 0.5) is 4.39 Å². The van der Waals surface area contributed by atoms with Crippen molar-refractivity contribution < 1.29 is 9.50 Å². The van der Waals surface area contributed by atoms with Gasteiger partial charge in [0.15, 0.2) is 0 Å². The zero-order valence-corrected chi connectivity index (χ0v) is 10.8. The molecule has 3 heteroatoms. The fourth-order valence-corrected chi connectivity index (χ4v) is 1.71. The van der Waals surface area contributed by atoms with Crippen molar-refractivity contribution in [2.24, 2.45) is 0 Å². The second-order valence-corrected chi connectivity index (χ2v) is 4.59. The highest BCUT2D eigenvalue weighted by atomic mass is 19.1. The fourth-order valence-electron chi connectivity index (χ4n) is 1.71. The zero-order valence-electron chi connectivity index (χ0n) is 10.8. The SMILES string of the molecule is CCC(O)(CC)CNC(C)c1ccc(F)cc1. The Balaban J connectivity index is 2.55. The molecule has 0 aliphatic carbocycles. The van der Waals surface area contributed by atoms with Gasteiger partial charge in [-0.25, -0.2) is 4.39 Å². The van der Waals surface area contributed by atoms with Crippen molar-refractivity contribution in [1.82, 2.24) is 5.32 Å². The molecule has 0 amide bonds. The summed E-state index contributed by atoms with van der Waals surface area (Å²) in [6.45, 7) is 6.53. The lowest BCUT2D eigenvalue weighted by Crippen LogP contribution is -2.40. The first kappa shape index (κ1) is 14.1. The van der Waals surface area contributed by atoms with Crippen LogP contribution in [0, 0.1) is 5.82 Å². The minimum atomic E-state index is -0.645. The highest BCUT2D eigenvalue weighted by Gasteiger charge is 2.22. The highest BCUT2D eigenvalue weighted by molar-refractivity contribution is 5.19. The molecule has 1 atom stereocenters. The molecule has 0 fully saturated rings. The predicted molar refractivity (Wildman–Crippen MR) is 68.3 cm³/mol. The van der Waals surface area contributed by atoms with E-state index in [2.05, 4.69) is 5.32 Å². The Morgan fingerprint density at radius 1 is 1.24 bits per heavy atom. The van der Waals surface area contributed by atoms with Crippen LogP contribution in [0.2, 0.25) is 0 Å². The highest BCUT2D eigenvalue weighted by Crippen LogP contribution is 2.17. The summed E-state index contributed by atoms with van der Waals surface area (Å²) in [5.41, 5.74) is 0.384. The van der Waals surface area contributed by atoms with Gasteiger partial charge < -0.3 is 10.4 Å². The monoisotopic (exact) mass is 239 g/mol. The van der Waals surface area contributed by atoms with Crippen LogP contribution in [-0.2, 0) is 0 Å². The van der Waals surface area contributed by atoms with E-state index in [0.717, 1.165) is 18.4 Å². The number of rotatable bonds is 6. The van der Waals surface area contributed by atoms with Gasteiger partial charge in [-0.1, -0.05) is 26.0 Å². The van der Waals surface area contributed by atoms with Gasteiger partial charge in [0.2, 0.25) is 0 Å². The van der Waals surface area contributed by atoms with Gasteiger partial charge in [-0.05, 0) is 37.5 Å². The van der Waals surface area contributed by atoms with E-state index in [-0.39, 0.29) is 11.9 Å². The number of hydrogen-bond donors (Lipinski definition) is 2. The van der Waals surface area contributed by atoms with Gasteiger partial charge in [0.1, 0.15) is 5.82 Å². The van der Waals surface area contributed by atoms with Gasteiger partial charge in [0.05, 0.1) is 5.60 Å². The van der Waals surface area contributed by atoms with E-state index in [1.807, 2.05) is 20.8 Å². The van der Waals surface area contributed by atoms with Gasteiger partial charge in [0.25, 0.3) is 0 Å². The number of aliphatic hydroxyl groups is 1. The lowest BCUT2D eigenvalue weighted by atomic mass is 9.96. The van der Waals surface area contributed by atoms with Crippen LogP contribution in [-0.4, -0.2) is 17.3 Å². The molecule has 17 heavy (non-hydrogen) atoms. The number of hydrogen-bond acceptors (Lipinski definition) is 2. The van der Waals surface area contributed by atoms with Gasteiger partial charge in [-0.15, -0.1) is 0 Å². The molecule has 1 unspecified atom stereocenters. The Kier molecular flexibility index (Phi) is 5.09. The van der Waals surface area contributed by atoms with E-state index in [1.165, 1.54) is 12.1 Å². The quantitative estimate of drug-likeness (QED) is 0.799. The average Bonchev–Trinajstić information content (AvgIpc) is 2.36. The maximum Gasteiger partial charge on any atom is 0.123 e. The second-order valence-electron chi connectivity index (χ2n) is 4.59. The van der Waals surface area contributed by atoms with E-state index >= 15 is 0 Å². The lowest BCUT2D eigenvalue weighted by molar-refractivity contribution is 0.0303. The van der Waals surface area contributed by atoms with Crippen LogP contribution in [0.1, 0.15) is 45.2 Å². The van der Waals surface area contributed by atoms with E-state index < -0.39 is 5.60 Å². The Labute approximate surface area is 103 Å². The summed E-state index contributed by atoms with van der Waals surface area (Å²) < 4.78 is 12.8. The molecule has 1 rings (SSSR count). The van der Waals surface area contributed by atoms with Gasteiger partial charge >= 0.3 is 0 Å². The largest absolute Gasteiger partial charge is 0.389 e. The van der Waals surface area contributed by atoms with Gasteiger partial charge in [-0.2, -0.15) is 0 Å². The molecule has 0 aromatic heterocycles. The second kappa shape index (κ2) is 6.12. The van der Waals surface area contributed by atoms with Crippen LogP contribution >= 0.6 is 0 Å². The summed E-state index contributed by atoms with van der Waals surface area (Å²) in [5.74, 6) is -0.223. The first-order chi connectivity index (χ1) is 8.00. The predicted octanol–water partition coefficient (Wildman–Crippen LogP) is 3.03. The van der Waals surface area contributed by atoms with Crippen molar-refractivity contribution in [1.29, 1.82) is 0 Å². The van der Waals surface area contributed by atoms with Crippen LogP contribution in [0.3, 0.4) is 0 Å². The molecule has 96 valence electrons. The lowest BCUT2D eigenvalue weighted by Gasteiger charge is -2.27. The molecule has 0 bridgehead atoms. The van der Waals surface area contributed by atoms with Crippen molar-refractivity contribution in [3.8, 4) is 0 Å². The van der Waals surface area contributed by atoms with Crippen molar-refractivity contribution >= 4 is 0 Å². The number of nitrogens with one attached hydrogen (secondary N) is 1. The Morgan fingerprint density at radius 2 is 1.76 bits per heavy atom. The summed E-state index contributed by atoms with van der Waals surface area (Å²) in [5, 5.41) is 13.4. The van der Waals surface area contributed by atoms with Crippen molar-refractivity contribution in [2.75, 3.05) is 6.54 Å². The maximum absolute atomic E-state index is 12.8. The molecule has 1 aromatic rings. The smallest absolute Gasteiger partial charge is 0.123 e. The van der Waals surface area contributed by atoms with E-state index in [0.29, 0.717) is 6.54 Å². The fraction of sp³-hybridized carbons (Fsp3) is 0.571.